The zero-order valence-electron chi connectivity index (χ0n) is 4.83. The molecule has 0 fully saturated rings. The van der Waals surface area contributed by atoms with E-state index in [1.54, 1.807) is 0 Å². The highest BCUT2D eigenvalue weighted by molar-refractivity contribution is 5.90. The Kier molecular flexibility index (Phi) is 1.79. The van der Waals surface area contributed by atoms with Crippen molar-refractivity contribution in [2.24, 2.45) is 0 Å². The summed E-state index contributed by atoms with van der Waals surface area (Å²) in [6.07, 6.45) is 1.45. The molecule has 1 radical (unpaired) electrons. The topological polar surface area (TPSA) is 72.1 Å². The Morgan fingerprint density at radius 2 is 2.60 bits per heavy atom. The molecule has 0 aromatic carbocycles. The Bertz CT molecular complexity index is 229. The van der Waals surface area contributed by atoms with Crippen LogP contribution in [0.4, 0.5) is 0 Å². The minimum atomic E-state index is -0.809. The molecule has 0 saturated carbocycles. The number of H-pyrrole nitrogens is 1. The number of aromatic amines is 1. The number of nitrogens with zero attached hydrogens (tertiary/aromatic N) is 1. The van der Waals surface area contributed by atoms with E-state index in [1.165, 1.54) is 12.3 Å². The van der Waals surface area contributed by atoms with Gasteiger partial charge >= 0.3 is 12.4 Å². The number of nitrogens with one attached hydrogen (secondary N) is 1. The van der Waals surface area contributed by atoms with E-state index in [4.69, 9.17) is 0 Å². The van der Waals surface area contributed by atoms with E-state index in [1.807, 2.05) is 0 Å². The zero-order chi connectivity index (χ0) is 7.40. The fourth-order valence-electron chi connectivity index (χ4n) is 0.464. The first kappa shape index (κ1) is 6.47. The number of hydrogen-bond acceptors (Lipinski definition) is 4. The number of carbonyl (C=O) groups excluding carboxylic acids is 2. The van der Waals surface area contributed by atoms with E-state index >= 15 is 0 Å². The number of aromatic nitrogens is 2. The van der Waals surface area contributed by atoms with Gasteiger partial charge in [0.25, 0.3) is 0 Å². The van der Waals surface area contributed by atoms with Gasteiger partial charge in [0, 0.05) is 6.20 Å². The van der Waals surface area contributed by atoms with Crippen LogP contribution >= 0.6 is 0 Å². The van der Waals surface area contributed by atoms with Crippen LogP contribution in [0.1, 0.15) is 10.5 Å². The van der Waals surface area contributed by atoms with Gasteiger partial charge in [0.2, 0.25) is 0 Å². The molecule has 1 rings (SSSR count). The molecule has 0 aliphatic carbocycles. The minimum absolute atomic E-state index is 0.0587. The Hall–Kier alpha value is -1.65. The summed E-state index contributed by atoms with van der Waals surface area (Å²) in [5, 5.41) is 5.84. The standard InChI is InChI=1S/C5H3N2O3/c8-3-10-5(9)4-1-2-6-7-4/h1-2H,(H,6,7). The Morgan fingerprint density at radius 3 is 3.10 bits per heavy atom. The van der Waals surface area contributed by atoms with E-state index in [0.717, 1.165) is 6.47 Å². The number of hydrogen-bond donors (Lipinski definition) is 1. The molecule has 0 saturated heterocycles. The zero-order valence-corrected chi connectivity index (χ0v) is 4.83. The van der Waals surface area contributed by atoms with Gasteiger partial charge in [-0.05, 0) is 6.07 Å². The van der Waals surface area contributed by atoms with Crippen molar-refractivity contribution in [1.29, 1.82) is 0 Å². The molecule has 0 bridgehead atoms. The van der Waals surface area contributed by atoms with E-state index in [2.05, 4.69) is 14.9 Å². The molecule has 1 N–H and O–H groups in total. The third kappa shape index (κ3) is 1.19. The lowest BCUT2D eigenvalue weighted by Crippen LogP contribution is -2.03. The fourth-order valence-corrected chi connectivity index (χ4v) is 0.464. The van der Waals surface area contributed by atoms with Crippen LogP contribution in [0.25, 0.3) is 0 Å². The van der Waals surface area contributed by atoms with Gasteiger partial charge in [0.15, 0.2) is 5.69 Å². The van der Waals surface area contributed by atoms with Crippen LogP contribution in [0.2, 0.25) is 0 Å². The molecule has 0 aliphatic rings. The van der Waals surface area contributed by atoms with Crippen LogP contribution in [0.3, 0.4) is 0 Å². The van der Waals surface area contributed by atoms with E-state index in [-0.39, 0.29) is 5.69 Å². The maximum Gasteiger partial charge on any atom is 0.425 e. The highest BCUT2D eigenvalue weighted by Gasteiger charge is 2.07. The van der Waals surface area contributed by atoms with Gasteiger partial charge in [-0.2, -0.15) is 5.10 Å². The Morgan fingerprint density at radius 1 is 1.80 bits per heavy atom. The smallest absolute Gasteiger partial charge is 0.380 e. The second kappa shape index (κ2) is 2.77. The van der Waals surface area contributed by atoms with Crippen molar-refractivity contribution in [2.45, 2.75) is 0 Å². The Balaban J connectivity index is 2.68. The molecule has 0 atom stereocenters. The molecule has 0 amide bonds. The third-order valence-corrected chi connectivity index (χ3v) is 0.844. The van der Waals surface area contributed by atoms with Crippen LogP contribution in [0.5, 0.6) is 0 Å². The summed E-state index contributed by atoms with van der Waals surface area (Å²) in [7, 11) is 0. The molecule has 5 nitrogen and oxygen atoms in total. The van der Waals surface area contributed by atoms with Crippen molar-refractivity contribution in [1.82, 2.24) is 10.2 Å². The highest BCUT2D eigenvalue weighted by Crippen LogP contribution is 1.92. The summed E-state index contributed by atoms with van der Waals surface area (Å²) in [5.74, 6) is -0.809. The van der Waals surface area contributed by atoms with Crippen LogP contribution in [0.15, 0.2) is 12.3 Å². The summed E-state index contributed by atoms with van der Waals surface area (Å²) in [4.78, 5) is 20.0. The van der Waals surface area contributed by atoms with Crippen molar-refractivity contribution in [2.75, 3.05) is 0 Å². The van der Waals surface area contributed by atoms with E-state index in [9.17, 15) is 9.59 Å². The molecule has 10 heavy (non-hydrogen) atoms. The normalized spacial score (nSPS) is 8.80. The number of ether oxygens (including phenoxy) is 1. The quantitative estimate of drug-likeness (QED) is 0.448. The second-order valence-corrected chi connectivity index (χ2v) is 1.43. The van der Waals surface area contributed by atoms with Crippen molar-refractivity contribution in [3.8, 4) is 0 Å². The Labute approximate surface area is 56.0 Å². The molecule has 1 aromatic rings. The number of rotatable bonds is 2. The van der Waals surface area contributed by atoms with Gasteiger partial charge in [-0.1, -0.05) is 0 Å². The van der Waals surface area contributed by atoms with Crippen molar-refractivity contribution in [3.63, 3.8) is 0 Å². The van der Waals surface area contributed by atoms with Gasteiger partial charge in [-0.3, -0.25) is 5.10 Å². The van der Waals surface area contributed by atoms with Gasteiger partial charge in [0.1, 0.15) is 0 Å². The van der Waals surface area contributed by atoms with Gasteiger partial charge in [0.05, 0.1) is 0 Å². The lowest BCUT2D eigenvalue weighted by Gasteiger charge is -1.86. The summed E-state index contributed by atoms with van der Waals surface area (Å²) >= 11 is 0. The summed E-state index contributed by atoms with van der Waals surface area (Å²) < 4.78 is 3.86. The molecule has 5 heteroatoms. The molecular weight excluding hydrogens is 136 g/mol. The largest absolute Gasteiger partial charge is 0.425 e. The molecule has 0 aliphatic heterocycles. The maximum atomic E-state index is 10.5. The molecule has 1 aromatic heterocycles. The minimum Gasteiger partial charge on any atom is -0.380 e. The van der Waals surface area contributed by atoms with Crippen molar-refractivity contribution in [3.05, 3.63) is 18.0 Å². The SMILES string of the molecule is O=[C]OC(=O)c1cc[nH]n1. The molecule has 0 unspecified atom stereocenters. The predicted molar refractivity (Wildman–Crippen MR) is 29.7 cm³/mol. The van der Waals surface area contributed by atoms with Gasteiger partial charge in [-0.25, -0.2) is 9.59 Å². The summed E-state index contributed by atoms with van der Waals surface area (Å²) in [6, 6.07) is 1.39. The lowest BCUT2D eigenvalue weighted by molar-refractivity contribution is 0.0704. The lowest BCUT2D eigenvalue weighted by atomic mass is 10.4. The fraction of sp³-hybridized carbons (Fsp3) is 0. The van der Waals surface area contributed by atoms with Crippen LogP contribution in [0, 0.1) is 0 Å². The molecular formula is C5H3N2O3. The second-order valence-electron chi connectivity index (χ2n) is 1.43. The van der Waals surface area contributed by atoms with Crippen LogP contribution in [-0.2, 0) is 9.53 Å². The number of carbonyl (C=O) groups is 1. The first-order chi connectivity index (χ1) is 4.84. The predicted octanol–water partition coefficient (Wildman–Crippen LogP) is -0.366. The average molecular weight is 139 g/mol. The van der Waals surface area contributed by atoms with Crippen molar-refractivity contribution < 1.29 is 14.3 Å². The third-order valence-electron chi connectivity index (χ3n) is 0.844. The van der Waals surface area contributed by atoms with E-state index < -0.39 is 5.97 Å². The van der Waals surface area contributed by atoms with Crippen LogP contribution in [-0.4, -0.2) is 22.6 Å². The van der Waals surface area contributed by atoms with Crippen LogP contribution < -0.4 is 0 Å². The average Bonchev–Trinajstić information content (AvgIpc) is 2.38. The van der Waals surface area contributed by atoms with E-state index in [0.29, 0.717) is 0 Å². The molecule has 1 heterocycles. The monoisotopic (exact) mass is 139 g/mol. The number of esters is 1. The molecule has 51 valence electrons. The maximum absolute atomic E-state index is 10.5. The first-order valence-corrected chi connectivity index (χ1v) is 2.42. The van der Waals surface area contributed by atoms with Crippen molar-refractivity contribution >= 4 is 12.4 Å². The summed E-state index contributed by atoms with van der Waals surface area (Å²) in [6.45, 7) is 1.00. The highest BCUT2D eigenvalue weighted by atomic mass is 16.6. The summed E-state index contributed by atoms with van der Waals surface area (Å²) in [5.41, 5.74) is 0.0587. The van der Waals surface area contributed by atoms with Gasteiger partial charge in [-0.15, -0.1) is 0 Å². The first-order valence-electron chi connectivity index (χ1n) is 2.42. The molecule has 0 spiro atoms. The van der Waals surface area contributed by atoms with Gasteiger partial charge < -0.3 is 4.74 Å².